The summed E-state index contributed by atoms with van der Waals surface area (Å²) in [5.41, 5.74) is 0. The Hall–Kier alpha value is -0.610. The van der Waals surface area contributed by atoms with Gasteiger partial charge in [-0.15, -0.1) is 0 Å². The third kappa shape index (κ3) is 6.25. The summed E-state index contributed by atoms with van der Waals surface area (Å²) in [6, 6.07) is 0. The fraction of sp³-hybridized carbons (Fsp3) is 0.944. The number of likely N-dealkylation sites (tertiary alicyclic amines) is 2. The quantitative estimate of drug-likeness (QED) is 0.764. The van der Waals surface area contributed by atoms with E-state index in [2.05, 4.69) is 36.0 Å². The molecule has 0 bridgehead atoms. The lowest BCUT2D eigenvalue weighted by Crippen LogP contribution is -2.40. The number of carbonyl (C=O) groups excluding carboxylic acids is 1. The molecule has 1 N–H and O–H groups in total. The number of nitrogens with one attached hydrogen (secondary N) is 1. The van der Waals surface area contributed by atoms with Gasteiger partial charge >= 0.3 is 0 Å². The molecule has 0 aromatic heterocycles. The second kappa shape index (κ2) is 8.88. The van der Waals surface area contributed by atoms with E-state index < -0.39 is 0 Å². The van der Waals surface area contributed by atoms with Gasteiger partial charge in [0.05, 0.1) is 0 Å². The minimum atomic E-state index is 0.259. The molecule has 2 aliphatic heterocycles. The normalized spacial score (nSPS) is 28.7. The maximum absolute atomic E-state index is 12.0. The lowest BCUT2D eigenvalue weighted by molar-refractivity contribution is -0.122. The highest BCUT2D eigenvalue weighted by Gasteiger charge is 2.21. The van der Waals surface area contributed by atoms with Gasteiger partial charge in [0.2, 0.25) is 5.91 Å². The minimum absolute atomic E-state index is 0.259. The van der Waals surface area contributed by atoms with Crippen molar-refractivity contribution in [3.63, 3.8) is 0 Å². The summed E-state index contributed by atoms with van der Waals surface area (Å²) in [4.78, 5) is 16.9. The zero-order valence-electron chi connectivity index (χ0n) is 14.8. The number of hydrogen-bond donors (Lipinski definition) is 1. The number of nitrogens with zero attached hydrogens (tertiary/aromatic N) is 2. The molecule has 4 heteroatoms. The van der Waals surface area contributed by atoms with Crippen LogP contribution in [-0.4, -0.2) is 62.0 Å². The van der Waals surface area contributed by atoms with E-state index in [-0.39, 0.29) is 5.91 Å². The molecule has 128 valence electrons. The van der Waals surface area contributed by atoms with Gasteiger partial charge in [-0.05, 0) is 70.1 Å². The van der Waals surface area contributed by atoms with Crippen LogP contribution >= 0.6 is 0 Å². The Morgan fingerprint density at radius 2 is 1.77 bits per heavy atom. The van der Waals surface area contributed by atoms with Gasteiger partial charge in [0.25, 0.3) is 0 Å². The van der Waals surface area contributed by atoms with E-state index in [1.807, 2.05) is 0 Å². The van der Waals surface area contributed by atoms with Crippen LogP contribution in [0.25, 0.3) is 0 Å². The molecular weight excluding hydrogens is 274 g/mol. The highest BCUT2D eigenvalue weighted by molar-refractivity contribution is 5.76. The molecule has 2 rings (SSSR count). The average molecular weight is 309 g/mol. The summed E-state index contributed by atoms with van der Waals surface area (Å²) in [5.74, 6) is 2.50. The van der Waals surface area contributed by atoms with E-state index in [0.717, 1.165) is 50.9 Å². The van der Waals surface area contributed by atoms with Gasteiger partial charge < -0.3 is 15.1 Å². The Morgan fingerprint density at radius 3 is 2.41 bits per heavy atom. The van der Waals surface area contributed by atoms with Crippen molar-refractivity contribution in [1.82, 2.24) is 15.1 Å². The molecule has 0 aromatic rings. The molecule has 2 saturated heterocycles. The van der Waals surface area contributed by atoms with Crippen LogP contribution in [0.1, 0.15) is 46.0 Å². The Balaban J connectivity index is 1.53. The smallest absolute Gasteiger partial charge is 0.220 e. The van der Waals surface area contributed by atoms with Crippen molar-refractivity contribution >= 4 is 5.91 Å². The van der Waals surface area contributed by atoms with Crippen LogP contribution in [0.3, 0.4) is 0 Å². The van der Waals surface area contributed by atoms with Gasteiger partial charge in [0.1, 0.15) is 0 Å². The van der Waals surface area contributed by atoms with E-state index >= 15 is 0 Å². The van der Waals surface area contributed by atoms with Crippen LogP contribution in [-0.2, 0) is 4.79 Å². The van der Waals surface area contributed by atoms with Crippen molar-refractivity contribution in [3.05, 3.63) is 0 Å². The van der Waals surface area contributed by atoms with Crippen molar-refractivity contribution in [1.29, 1.82) is 0 Å². The molecule has 0 saturated carbocycles. The molecular formula is C18H35N3O. The second-order valence-electron chi connectivity index (χ2n) is 7.86. The van der Waals surface area contributed by atoms with Crippen molar-refractivity contribution in [3.8, 4) is 0 Å². The van der Waals surface area contributed by atoms with E-state index in [0.29, 0.717) is 5.92 Å². The topological polar surface area (TPSA) is 35.6 Å². The lowest BCUT2D eigenvalue weighted by atomic mass is 9.92. The SMILES string of the molecule is C[C@@H]1C[C@@H](C)CN(CCCNC(=O)CC2CCN(C)CC2)C1. The molecule has 0 spiro atoms. The van der Waals surface area contributed by atoms with Gasteiger partial charge in [0, 0.05) is 26.1 Å². The molecule has 0 radical (unpaired) electrons. The fourth-order valence-corrected chi connectivity index (χ4v) is 4.11. The van der Waals surface area contributed by atoms with E-state index in [1.54, 1.807) is 0 Å². The summed E-state index contributed by atoms with van der Waals surface area (Å²) in [6.07, 6.45) is 5.52. The summed E-state index contributed by atoms with van der Waals surface area (Å²) < 4.78 is 0. The van der Waals surface area contributed by atoms with E-state index in [9.17, 15) is 4.79 Å². The molecule has 1 amide bonds. The molecule has 4 nitrogen and oxygen atoms in total. The predicted molar refractivity (Wildman–Crippen MR) is 91.8 cm³/mol. The Morgan fingerprint density at radius 1 is 1.14 bits per heavy atom. The first-order valence-corrected chi connectivity index (χ1v) is 9.20. The standard InChI is InChI=1S/C18H35N3O/c1-15-11-16(2)14-21(13-15)8-4-7-19-18(22)12-17-5-9-20(3)10-6-17/h15-17H,4-14H2,1-3H3,(H,19,22)/t15-,16-/m1/s1. The zero-order chi connectivity index (χ0) is 15.9. The van der Waals surface area contributed by atoms with Gasteiger partial charge in [-0.25, -0.2) is 0 Å². The molecule has 2 aliphatic rings. The first kappa shape index (κ1) is 17.7. The van der Waals surface area contributed by atoms with Crippen LogP contribution in [0.2, 0.25) is 0 Å². The van der Waals surface area contributed by atoms with E-state index in [1.165, 1.54) is 32.4 Å². The first-order chi connectivity index (χ1) is 10.5. The number of carbonyl (C=O) groups is 1. The summed E-state index contributed by atoms with van der Waals surface area (Å²) >= 11 is 0. The number of amides is 1. The third-order valence-electron chi connectivity index (χ3n) is 5.23. The van der Waals surface area contributed by atoms with Crippen molar-refractivity contribution < 1.29 is 4.79 Å². The van der Waals surface area contributed by atoms with Crippen LogP contribution < -0.4 is 5.32 Å². The monoisotopic (exact) mass is 309 g/mol. The average Bonchev–Trinajstić information content (AvgIpc) is 2.45. The van der Waals surface area contributed by atoms with E-state index in [4.69, 9.17) is 0 Å². The van der Waals surface area contributed by atoms with Crippen LogP contribution in [0.4, 0.5) is 0 Å². The molecule has 0 unspecified atom stereocenters. The largest absolute Gasteiger partial charge is 0.356 e. The number of hydrogen-bond acceptors (Lipinski definition) is 3. The van der Waals surface area contributed by atoms with Gasteiger partial charge in [-0.2, -0.15) is 0 Å². The van der Waals surface area contributed by atoms with Gasteiger partial charge in [-0.3, -0.25) is 4.79 Å². The summed E-state index contributed by atoms with van der Waals surface area (Å²) in [7, 11) is 2.17. The van der Waals surface area contributed by atoms with Crippen molar-refractivity contribution in [2.75, 3.05) is 46.3 Å². The highest BCUT2D eigenvalue weighted by Crippen LogP contribution is 2.21. The lowest BCUT2D eigenvalue weighted by Gasteiger charge is -2.35. The zero-order valence-corrected chi connectivity index (χ0v) is 14.8. The van der Waals surface area contributed by atoms with Crippen LogP contribution in [0.15, 0.2) is 0 Å². The van der Waals surface area contributed by atoms with Crippen LogP contribution in [0.5, 0.6) is 0 Å². The maximum Gasteiger partial charge on any atom is 0.220 e. The molecule has 22 heavy (non-hydrogen) atoms. The molecule has 2 fully saturated rings. The molecule has 2 heterocycles. The minimum Gasteiger partial charge on any atom is -0.356 e. The second-order valence-corrected chi connectivity index (χ2v) is 7.86. The number of rotatable bonds is 6. The summed E-state index contributed by atoms with van der Waals surface area (Å²) in [6.45, 7) is 11.4. The molecule has 2 atom stereocenters. The highest BCUT2D eigenvalue weighted by atomic mass is 16.1. The summed E-state index contributed by atoms with van der Waals surface area (Å²) in [5, 5.41) is 3.12. The predicted octanol–water partition coefficient (Wildman–Crippen LogP) is 2.20. The van der Waals surface area contributed by atoms with Gasteiger partial charge in [-0.1, -0.05) is 13.8 Å². The first-order valence-electron chi connectivity index (χ1n) is 9.20. The fourth-order valence-electron chi connectivity index (χ4n) is 4.11. The molecule has 0 aromatic carbocycles. The Labute approximate surface area is 136 Å². The Bertz CT molecular complexity index is 329. The van der Waals surface area contributed by atoms with Crippen molar-refractivity contribution in [2.24, 2.45) is 17.8 Å². The Kier molecular flexibility index (Phi) is 7.16. The molecule has 0 aliphatic carbocycles. The van der Waals surface area contributed by atoms with Gasteiger partial charge in [0.15, 0.2) is 0 Å². The van der Waals surface area contributed by atoms with Crippen LogP contribution in [0, 0.1) is 17.8 Å². The maximum atomic E-state index is 12.0. The van der Waals surface area contributed by atoms with Crippen molar-refractivity contribution in [2.45, 2.75) is 46.0 Å². The number of piperidine rings is 2. The third-order valence-corrected chi connectivity index (χ3v) is 5.23.